The van der Waals surface area contributed by atoms with Crippen LogP contribution in [0.2, 0.25) is 0 Å². The Morgan fingerprint density at radius 2 is 1.55 bits per heavy atom. The van der Waals surface area contributed by atoms with Crippen molar-refractivity contribution < 1.29 is 14.3 Å². The van der Waals surface area contributed by atoms with Crippen LogP contribution in [0.25, 0.3) is 22.4 Å². The molecule has 1 aliphatic rings. The van der Waals surface area contributed by atoms with E-state index < -0.39 is 0 Å². The molecule has 2 aromatic heterocycles. The van der Waals surface area contributed by atoms with Gasteiger partial charge in [0.15, 0.2) is 11.6 Å². The summed E-state index contributed by atoms with van der Waals surface area (Å²) in [6, 6.07) is 15.8. The molecule has 0 bridgehead atoms. The van der Waals surface area contributed by atoms with Gasteiger partial charge in [0.2, 0.25) is 0 Å². The number of nitrogens with zero attached hydrogens (tertiary/aromatic N) is 5. The second-order valence-corrected chi connectivity index (χ2v) is 9.97. The maximum Gasteiger partial charge on any atom is 0.323 e. The van der Waals surface area contributed by atoms with Gasteiger partial charge in [0, 0.05) is 61.9 Å². The monoisotopic (exact) mass is 542 g/mol. The number of aromatic nitrogens is 3. The van der Waals surface area contributed by atoms with Gasteiger partial charge in [-0.2, -0.15) is 0 Å². The Hall–Kier alpha value is -4.48. The number of carbonyl (C=O) groups is 2. The largest absolute Gasteiger partial charge is 0.378 e. The van der Waals surface area contributed by atoms with Crippen LogP contribution in [-0.2, 0) is 4.74 Å². The minimum absolute atomic E-state index is 0.0605. The van der Waals surface area contributed by atoms with Gasteiger partial charge in [-0.15, -0.1) is 0 Å². The van der Waals surface area contributed by atoms with E-state index in [4.69, 9.17) is 14.7 Å². The first kappa shape index (κ1) is 27.1. The molecule has 0 saturated carbocycles. The lowest BCUT2D eigenvalue weighted by Gasteiger charge is -2.28. The Morgan fingerprint density at radius 1 is 0.900 bits per heavy atom. The predicted octanol–water partition coefficient (Wildman–Crippen LogP) is 3.74. The number of urea groups is 1. The number of ether oxygens (including phenoxy) is 1. The van der Waals surface area contributed by atoms with Crippen molar-refractivity contribution in [2.45, 2.75) is 0 Å². The third-order valence-corrected chi connectivity index (χ3v) is 6.72. The fourth-order valence-corrected chi connectivity index (χ4v) is 4.43. The van der Waals surface area contributed by atoms with E-state index in [9.17, 15) is 9.59 Å². The molecule has 3 heterocycles. The van der Waals surface area contributed by atoms with Crippen LogP contribution in [0.15, 0.2) is 60.8 Å². The van der Waals surface area contributed by atoms with E-state index in [1.165, 1.54) is 0 Å². The van der Waals surface area contributed by atoms with E-state index >= 15 is 0 Å². The standard InChI is InChI=1S/C29H34N8O3/c1-35(2)14-15-36(3)28(38)21-6-10-23(11-7-21)32-29(39)31-22-8-4-20(5-9-22)26-33-24-12-13-30-25(24)27(34-26)37-16-18-40-19-17-37/h4-13,30H,14-19H2,1-3H3,(H2,31,32,39). The zero-order valence-corrected chi connectivity index (χ0v) is 23.0. The van der Waals surface area contributed by atoms with Crippen molar-refractivity contribution >= 4 is 40.2 Å². The van der Waals surface area contributed by atoms with Crippen molar-refractivity contribution in [2.24, 2.45) is 0 Å². The van der Waals surface area contributed by atoms with Crippen LogP contribution in [0.1, 0.15) is 10.4 Å². The molecule has 0 radical (unpaired) electrons. The molecule has 208 valence electrons. The molecule has 3 amide bonds. The number of nitrogens with one attached hydrogen (secondary N) is 3. The quantitative estimate of drug-likeness (QED) is 0.310. The number of morpholine rings is 1. The van der Waals surface area contributed by atoms with Crippen molar-refractivity contribution in [1.82, 2.24) is 24.8 Å². The first-order valence-electron chi connectivity index (χ1n) is 13.2. The van der Waals surface area contributed by atoms with Crippen LogP contribution < -0.4 is 15.5 Å². The summed E-state index contributed by atoms with van der Waals surface area (Å²) in [7, 11) is 5.72. The Balaban J connectivity index is 1.21. The van der Waals surface area contributed by atoms with E-state index in [0.717, 1.165) is 42.0 Å². The van der Waals surface area contributed by atoms with Crippen molar-refractivity contribution in [3.05, 3.63) is 66.4 Å². The minimum Gasteiger partial charge on any atom is -0.378 e. The van der Waals surface area contributed by atoms with Gasteiger partial charge in [0.1, 0.15) is 5.52 Å². The van der Waals surface area contributed by atoms with Crippen LogP contribution in [0, 0.1) is 0 Å². The molecule has 1 saturated heterocycles. The molecule has 0 atom stereocenters. The molecule has 4 aromatic rings. The molecular weight excluding hydrogens is 508 g/mol. The highest BCUT2D eigenvalue weighted by Gasteiger charge is 2.19. The van der Waals surface area contributed by atoms with Gasteiger partial charge in [-0.3, -0.25) is 4.79 Å². The van der Waals surface area contributed by atoms with Gasteiger partial charge >= 0.3 is 6.03 Å². The molecule has 0 aliphatic carbocycles. The summed E-state index contributed by atoms with van der Waals surface area (Å²) in [5.74, 6) is 1.42. The molecule has 3 N–H and O–H groups in total. The number of aromatic amines is 1. The first-order chi connectivity index (χ1) is 19.4. The second kappa shape index (κ2) is 12.1. The predicted molar refractivity (Wildman–Crippen MR) is 157 cm³/mol. The maximum atomic E-state index is 12.6. The Labute approximate surface area is 233 Å². The highest BCUT2D eigenvalue weighted by atomic mass is 16.5. The average molecular weight is 543 g/mol. The van der Waals surface area contributed by atoms with Gasteiger partial charge in [-0.1, -0.05) is 0 Å². The first-order valence-corrected chi connectivity index (χ1v) is 13.2. The Kier molecular flexibility index (Phi) is 8.23. The highest BCUT2D eigenvalue weighted by molar-refractivity contribution is 6.00. The van der Waals surface area contributed by atoms with E-state index in [0.29, 0.717) is 42.5 Å². The van der Waals surface area contributed by atoms with E-state index in [1.807, 2.05) is 55.5 Å². The molecule has 2 aromatic carbocycles. The lowest BCUT2D eigenvalue weighted by molar-refractivity contribution is 0.0786. The molecule has 0 unspecified atom stereocenters. The summed E-state index contributed by atoms with van der Waals surface area (Å²) >= 11 is 0. The van der Waals surface area contributed by atoms with Gasteiger partial charge < -0.3 is 35.1 Å². The minimum atomic E-state index is -0.380. The summed E-state index contributed by atoms with van der Waals surface area (Å²) < 4.78 is 5.50. The highest BCUT2D eigenvalue weighted by Crippen LogP contribution is 2.28. The summed E-state index contributed by atoms with van der Waals surface area (Å²) in [5, 5.41) is 5.65. The lowest BCUT2D eigenvalue weighted by Crippen LogP contribution is -2.37. The summed E-state index contributed by atoms with van der Waals surface area (Å²) in [5.41, 5.74) is 4.39. The summed E-state index contributed by atoms with van der Waals surface area (Å²) in [6.07, 6.45) is 1.87. The molecular formula is C29H34N8O3. The summed E-state index contributed by atoms with van der Waals surface area (Å²) in [6.45, 7) is 4.30. The Morgan fingerprint density at radius 3 is 2.20 bits per heavy atom. The molecule has 1 fully saturated rings. The van der Waals surface area contributed by atoms with Crippen molar-refractivity contribution in [3.63, 3.8) is 0 Å². The molecule has 0 spiro atoms. The number of amides is 3. The van der Waals surface area contributed by atoms with Crippen LogP contribution in [0.4, 0.5) is 22.0 Å². The van der Waals surface area contributed by atoms with E-state index in [1.54, 1.807) is 36.2 Å². The molecule has 1 aliphatic heterocycles. The van der Waals surface area contributed by atoms with Crippen LogP contribution in [0.5, 0.6) is 0 Å². The van der Waals surface area contributed by atoms with E-state index in [-0.39, 0.29) is 11.9 Å². The third kappa shape index (κ3) is 6.38. The number of H-pyrrole nitrogens is 1. The number of hydrogen-bond donors (Lipinski definition) is 3. The number of carbonyl (C=O) groups excluding carboxylic acids is 2. The number of fused-ring (bicyclic) bond motifs is 1. The zero-order valence-electron chi connectivity index (χ0n) is 23.0. The maximum absolute atomic E-state index is 12.6. The molecule has 40 heavy (non-hydrogen) atoms. The lowest BCUT2D eigenvalue weighted by atomic mass is 10.2. The molecule has 11 nitrogen and oxygen atoms in total. The number of benzene rings is 2. The summed E-state index contributed by atoms with van der Waals surface area (Å²) in [4.78, 5) is 44.0. The fourth-order valence-electron chi connectivity index (χ4n) is 4.43. The van der Waals surface area contributed by atoms with Gasteiger partial charge in [-0.25, -0.2) is 14.8 Å². The van der Waals surface area contributed by atoms with Crippen LogP contribution in [-0.4, -0.2) is 97.2 Å². The number of rotatable bonds is 8. The molecule has 11 heteroatoms. The topological polar surface area (TPSA) is 119 Å². The number of hydrogen-bond acceptors (Lipinski definition) is 7. The smallest absolute Gasteiger partial charge is 0.323 e. The van der Waals surface area contributed by atoms with E-state index in [2.05, 4.69) is 20.5 Å². The normalized spacial score (nSPS) is 13.4. The third-order valence-electron chi connectivity index (χ3n) is 6.72. The SMILES string of the molecule is CN(C)CCN(C)C(=O)c1ccc(NC(=O)Nc2ccc(-c3nc(N4CCOCC4)c4[nH]ccc4n3)cc2)cc1. The van der Waals surface area contributed by atoms with Gasteiger partial charge in [-0.05, 0) is 68.7 Å². The van der Waals surface area contributed by atoms with Crippen molar-refractivity contribution in [2.75, 3.05) is 76.1 Å². The molecule has 5 rings (SSSR count). The van der Waals surface area contributed by atoms with Crippen LogP contribution in [0.3, 0.4) is 0 Å². The van der Waals surface area contributed by atoms with Crippen molar-refractivity contribution in [1.29, 1.82) is 0 Å². The zero-order chi connectivity index (χ0) is 28.1. The van der Waals surface area contributed by atoms with Gasteiger partial charge in [0.25, 0.3) is 5.91 Å². The number of likely N-dealkylation sites (N-methyl/N-ethyl adjacent to an activating group) is 2. The fraction of sp³-hybridized carbons (Fsp3) is 0.310. The Bertz CT molecular complexity index is 1460. The van der Waals surface area contributed by atoms with Crippen LogP contribution >= 0.6 is 0 Å². The average Bonchev–Trinajstić information content (AvgIpc) is 3.45. The second-order valence-electron chi connectivity index (χ2n) is 9.97. The van der Waals surface area contributed by atoms with Gasteiger partial charge in [0.05, 0.1) is 18.7 Å². The number of anilines is 3. The van der Waals surface area contributed by atoms with Crippen molar-refractivity contribution in [3.8, 4) is 11.4 Å².